The van der Waals surface area contributed by atoms with Crippen molar-refractivity contribution in [2.75, 3.05) is 7.05 Å². The molecule has 0 saturated heterocycles. The van der Waals surface area contributed by atoms with Gasteiger partial charge in [0.05, 0.1) is 5.02 Å². The minimum Gasteiger partial charge on any atom is -0.316 e. The van der Waals surface area contributed by atoms with Crippen molar-refractivity contribution in [2.45, 2.75) is 38.6 Å². The minimum absolute atomic E-state index is 0.281. The van der Waals surface area contributed by atoms with E-state index in [0.717, 1.165) is 17.9 Å². The molecule has 0 aromatic heterocycles. The molecular weight excluding hydrogens is 249 g/mol. The number of rotatable bonds is 4. The van der Waals surface area contributed by atoms with Crippen LogP contribution in [0.1, 0.15) is 31.7 Å². The lowest BCUT2D eigenvalue weighted by Gasteiger charge is -2.23. The van der Waals surface area contributed by atoms with Gasteiger partial charge >= 0.3 is 0 Å². The Morgan fingerprint density at radius 3 is 2.83 bits per heavy atom. The SMILES string of the molecule is CNC(Cc1cccc(F)c1Cl)C1CCC(C)C1. The van der Waals surface area contributed by atoms with Gasteiger partial charge in [-0.3, -0.25) is 0 Å². The van der Waals surface area contributed by atoms with Crippen LogP contribution in [0.25, 0.3) is 0 Å². The average molecular weight is 270 g/mol. The Morgan fingerprint density at radius 2 is 2.22 bits per heavy atom. The Morgan fingerprint density at radius 1 is 1.44 bits per heavy atom. The highest BCUT2D eigenvalue weighted by Crippen LogP contribution is 2.34. The van der Waals surface area contributed by atoms with Gasteiger partial charge in [0, 0.05) is 6.04 Å². The van der Waals surface area contributed by atoms with E-state index in [1.54, 1.807) is 6.07 Å². The van der Waals surface area contributed by atoms with E-state index in [4.69, 9.17) is 11.6 Å². The predicted molar refractivity (Wildman–Crippen MR) is 74.5 cm³/mol. The third-order valence-electron chi connectivity index (χ3n) is 4.15. The first-order chi connectivity index (χ1) is 8.61. The van der Waals surface area contributed by atoms with Gasteiger partial charge in [-0.25, -0.2) is 4.39 Å². The molecule has 0 aliphatic heterocycles. The van der Waals surface area contributed by atoms with Crippen LogP contribution in [0.15, 0.2) is 18.2 Å². The van der Waals surface area contributed by atoms with Gasteiger partial charge in [0.1, 0.15) is 5.82 Å². The molecule has 100 valence electrons. The molecule has 1 nitrogen and oxygen atoms in total. The second-order valence-corrected chi connectivity index (χ2v) is 5.87. The van der Waals surface area contributed by atoms with Crippen LogP contribution < -0.4 is 5.32 Å². The number of benzene rings is 1. The van der Waals surface area contributed by atoms with Crippen LogP contribution >= 0.6 is 11.6 Å². The molecule has 0 radical (unpaired) electrons. The molecule has 3 atom stereocenters. The lowest BCUT2D eigenvalue weighted by Crippen LogP contribution is -2.34. The zero-order valence-electron chi connectivity index (χ0n) is 11.0. The molecule has 18 heavy (non-hydrogen) atoms. The number of nitrogens with one attached hydrogen (secondary N) is 1. The van der Waals surface area contributed by atoms with Crippen LogP contribution in [-0.2, 0) is 6.42 Å². The fourth-order valence-corrected chi connectivity index (χ4v) is 3.27. The summed E-state index contributed by atoms with van der Waals surface area (Å²) in [5.74, 6) is 1.18. The number of likely N-dealkylation sites (N-methyl/N-ethyl adjacent to an activating group) is 1. The second kappa shape index (κ2) is 6.03. The summed E-state index contributed by atoms with van der Waals surface area (Å²) < 4.78 is 13.4. The lowest BCUT2D eigenvalue weighted by atomic mass is 9.91. The Balaban J connectivity index is 2.08. The molecule has 1 aliphatic carbocycles. The van der Waals surface area contributed by atoms with E-state index in [1.807, 2.05) is 13.1 Å². The fraction of sp³-hybridized carbons (Fsp3) is 0.600. The first-order valence-electron chi connectivity index (χ1n) is 6.72. The van der Waals surface area contributed by atoms with Gasteiger partial charge in [0.15, 0.2) is 0 Å². The second-order valence-electron chi connectivity index (χ2n) is 5.49. The molecule has 1 aromatic carbocycles. The average Bonchev–Trinajstić information content (AvgIpc) is 2.78. The van der Waals surface area contributed by atoms with Crippen molar-refractivity contribution in [1.29, 1.82) is 0 Å². The van der Waals surface area contributed by atoms with Gasteiger partial charge in [-0.1, -0.05) is 37.1 Å². The zero-order valence-corrected chi connectivity index (χ0v) is 11.8. The van der Waals surface area contributed by atoms with Crippen molar-refractivity contribution in [3.63, 3.8) is 0 Å². The standard InChI is InChI=1S/C15H21ClFN/c1-10-6-7-11(8-10)14(18-2)9-12-4-3-5-13(17)15(12)16/h3-5,10-11,14,18H,6-9H2,1-2H3. The Hall–Kier alpha value is -0.600. The Labute approximate surface area is 114 Å². The summed E-state index contributed by atoms with van der Waals surface area (Å²) in [6.45, 7) is 2.31. The van der Waals surface area contributed by atoms with Gasteiger partial charge in [0.25, 0.3) is 0 Å². The highest BCUT2D eigenvalue weighted by Gasteiger charge is 2.28. The summed E-state index contributed by atoms with van der Waals surface area (Å²) in [6.07, 6.45) is 4.64. The van der Waals surface area contributed by atoms with Crippen LogP contribution in [0.5, 0.6) is 0 Å². The minimum atomic E-state index is -0.316. The summed E-state index contributed by atoms with van der Waals surface area (Å²) in [6, 6.07) is 5.47. The molecule has 1 aromatic rings. The molecule has 3 unspecified atom stereocenters. The van der Waals surface area contributed by atoms with E-state index in [9.17, 15) is 4.39 Å². The summed E-state index contributed by atoms with van der Waals surface area (Å²) in [5, 5.41) is 3.66. The normalized spacial score (nSPS) is 25.3. The number of hydrogen-bond donors (Lipinski definition) is 1. The maximum atomic E-state index is 13.4. The third-order valence-corrected chi connectivity index (χ3v) is 4.57. The third kappa shape index (κ3) is 3.04. The van der Waals surface area contributed by atoms with Gasteiger partial charge in [-0.15, -0.1) is 0 Å². The van der Waals surface area contributed by atoms with Gasteiger partial charge < -0.3 is 5.32 Å². The molecule has 1 aliphatic rings. The molecule has 0 spiro atoms. The largest absolute Gasteiger partial charge is 0.316 e. The van der Waals surface area contributed by atoms with Crippen LogP contribution in [0.4, 0.5) is 4.39 Å². The summed E-state index contributed by atoms with van der Waals surface area (Å²) in [4.78, 5) is 0. The Bertz CT molecular complexity index is 407. The lowest BCUT2D eigenvalue weighted by molar-refractivity contribution is 0.367. The van der Waals surface area contributed by atoms with Gasteiger partial charge in [-0.2, -0.15) is 0 Å². The van der Waals surface area contributed by atoms with Gasteiger partial charge in [-0.05, 0) is 49.8 Å². The molecule has 1 fully saturated rings. The van der Waals surface area contributed by atoms with Crippen molar-refractivity contribution in [1.82, 2.24) is 5.32 Å². The quantitative estimate of drug-likeness (QED) is 0.870. The molecule has 0 heterocycles. The van der Waals surface area contributed by atoms with E-state index in [0.29, 0.717) is 12.0 Å². The van der Waals surface area contributed by atoms with E-state index in [1.165, 1.54) is 25.3 Å². The highest BCUT2D eigenvalue weighted by molar-refractivity contribution is 6.31. The first-order valence-corrected chi connectivity index (χ1v) is 7.09. The fourth-order valence-electron chi connectivity index (χ4n) is 3.06. The summed E-state index contributed by atoms with van der Waals surface area (Å²) in [7, 11) is 1.99. The van der Waals surface area contributed by atoms with Crippen LogP contribution in [0, 0.1) is 17.7 Å². The topological polar surface area (TPSA) is 12.0 Å². The number of hydrogen-bond acceptors (Lipinski definition) is 1. The van der Waals surface area contributed by atoms with E-state index >= 15 is 0 Å². The molecule has 1 saturated carbocycles. The first kappa shape index (κ1) is 13.8. The summed E-state index contributed by atoms with van der Waals surface area (Å²) in [5.41, 5.74) is 0.913. The van der Waals surface area contributed by atoms with E-state index in [-0.39, 0.29) is 10.8 Å². The van der Waals surface area contributed by atoms with Crippen molar-refractivity contribution in [3.05, 3.63) is 34.6 Å². The molecular formula is C15H21ClFN. The zero-order chi connectivity index (χ0) is 13.1. The maximum absolute atomic E-state index is 13.4. The highest BCUT2D eigenvalue weighted by atomic mass is 35.5. The molecule has 0 bridgehead atoms. The molecule has 2 rings (SSSR count). The van der Waals surface area contributed by atoms with Crippen LogP contribution in [0.2, 0.25) is 5.02 Å². The monoisotopic (exact) mass is 269 g/mol. The van der Waals surface area contributed by atoms with Crippen molar-refractivity contribution >= 4 is 11.6 Å². The van der Waals surface area contributed by atoms with Gasteiger partial charge in [0.2, 0.25) is 0 Å². The predicted octanol–water partition coefficient (Wildman–Crippen LogP) is 4.05. The smallest absolute Gasteiger partial charge is 0.142 e. The van der Waals surface area contributed by atoms with Crippen molar-refractivity contribution in [2.24, 2.45) is 11.8 Å². The number of halogens is 2. The van der Waals surface area contributed by atoms with Crippen LogP contribution in [-0.4, -0.2) is 13.1 Å². The maximum Gasteiger partial charge on any atom is 0.142 e. The molecule has 3 heteroatoms. The van der Waals surface area contributed by atoms with Crippen molar-refractivity contribution in [3.8, 4) is 0 Å². The Kier molecular flexibility index (Phi) is 4.63. The summed E-state index contributed by atoms with van der Waals surface area (Å²) >= 11 is 6.03. The molecule has 1 N–H and O–H groups in total. The van der Waals surface area contributed by atoms with Crippen molar-refractivity contribution < 1.29 is 4.39 Å². The van der Waals surface area contributed by atoms with Crippen LogP contribution in [0.3, 0.4) is 0 Å². The van der Waals surface area contributed by atoms with E-state index < -0.39 is 0 Å². The van der Waals surface area contributed by atoms with E-state index in [2.05, 4.69) is 12.2 Å². The molecule has 0 amide bonds.